The van der Waals surface area contributed by atoms with Gasteiger partial charge in [-0.3, -0.25) is 10.1 Å². The van der Waals surface area contributed by atoms with Crippen molar-refractivity contribution in [1.29, 1.82) is 0 Å². The van der Waals surface area contributed by atoms with Gasteiger partial charge in [-0.25, -0.2) is 9.59 Å². The molecule has 0 aromatic carbocycles. The van der Waals surface area contributed by atoms with E-state index in [4.69, 9.17) is 20.4 Å². The Hall–Kier alpha value is -1.67. The van der Waals surface area contributed by atoms with Gasteiger partial charge in [-0.1, -0.05) is 0 Å². The molecule has 0 bridgehead atoms. The van der Waals surface area contributed by atoms with E-state index in [1.165, 1.54) is 6.92 Å². The Labute approximate surface area is 96.9 Å². The van der Waals surface area contributed by atoms with Gasteiger partial charge in [-0.15, -0.1) is 0 Å². The molecular weight excluding hydrogens is 234 g/mol. The van der Waals surface area contributed by atoms with Crippen molar-refractivity contribution in [2.75, 3.05) is 0 Å². The Kier molecular flexibility index (Phi) is 6.15. The number of aliphatic hydroxyl groups excluding tert-OH is 1. The topological polar surface area (TPSA) is 144 Å². The number of aliphatic hydroxyl groups is 1. The van der Waals surface area contributed by atoms with Crippen molar-refractivity contribution in [3.63, 3.8) is 0 Å². The molecule has 98 valence electrons. The van der Waals surface area contributed by atoms with Gasteiger partial charge in [0.05, 0.1) is 6.10 Å². The molecule has 0 saturated heterocycles. The van der Waals surface area contributed by atoms with Crippen LogP contribution in [0.25, 0.3) is 0 Å². The van der Waals surface area contributed by atoms with Crippen LogP contribution in [0, 0.1) is 0 Å². The third kappa shape index (κ3) is 5.83. The van der Waals surface area contributed by atoms with Crippen LogP contribution in [-0.4, -0.2) is 56.5 Å². The van der Waals surface area contributed by atoms with Gasteiger partial charge < -0.3 is 20.4 Å². The highest BCUT2D eigenvalue weighted by Gasteiger charge is 2.31. The summed E-state index contributed by atoms with van der Waals surface area (Å²) in [4.78, 5) is 31.9. The largest absolute Gasteiger partial charge is 0.480 e. The highest BCUT2D eigenvalue weighted by atomic mass is 16.4. The smallest absolute Gasteiger partial charge is 0.332 e. The Morgan fingerprint density at radius 1 is 1.00 bits per heavy atom. The van der Waals surface area contributed by atoms with E-state index < -0.39 is 36.1 Å². The van der Waals surface area contributed by atoms with E-state index in [9.17, 15) is 14.4 Å². The summed E-state index contributed by atoms with van der Waals surface area (Å²) >= 11 is 0. The lowest BCUT2D eigenvalue weighted by molar-refractivity contribution is -0.152. The van der Waals surface area contributed by atoms with Gasteiger partial charge in [-0.05, 0) is 19.8 Å². The minimum atomic E-state index is -1.98. The van der Waals surface area contributed by atoms with Gasteiger partial charge in [0.2, 0.25) is 6.04 Å². The molecule has 0 aliphatic rings. The first-order valence-corrected chi connectivity index (χ1v) is 4.88. The van der Waals surface area contributed by atoms with Crippen molar-refractivity contribution in [2.45, 2.75) is 38.0 Å². The van der Waals surface area contributed by atoms with Crippen LogP contribution in [0.4, 0.5) is 0 Å². The number of hydrogen-bond acceptors (Lipinski definition) is 5. The highest BCUT2D eigenvalue weighted by Crippen LogP contribution is 2.03. The van der Waals surface area contributed by atoms with E-state index in [-0.39, 0.29) is 12.8 Å². The Bertz CT molecular complexity index is 288. The average Bonchev–Trinajstić information content (AvgIpc) is 2.15. The molecule has 0 saturated carbocycles. The summed E-state index contributed by atoms with van der Waals surface area (Å²) < 4.78 is 0. The first-order chi connectivity index (χ1) is 7.75. The van der Waals surface area contributed by atoms with Crippen molar-refractivity contribution in [3.05, 3.63) is 0 Å². The molecule has 0 heterocycles. The Morgan fingerprint density at radius 2 is 1.47 bits per heavy atom. The molecule has 0 spiro atoms. The maximum Gasteiger partial charge on any atom is 0.332 e. The number of rotatable bonds is 8. The summed E-state index contributed by atoms with van der Waals surface area (Å²) in [6, 6.07) is -3.31. The van der Waals surface area contributed by atoms with Crippen LogP contribution in [0.15, 0.2) is 0 Å². The van der Waals surface area contributed by atoms with Gasteiger partial charge in [0.25, 0.3) is 0 Å². The second-order valence-electron chi connectivity index (χ2n) is 3.59. The minimum absolute atomic E-state index is 0.0654. The SMILES string of the molecule is CC(O)CCC(NC(C(=O)O)C(=O)O)C(=O)O. The summed E-state index contributed by atoms with van der Waals surface area (Å²) in [6.07, 6.45) is -0.688. The van der Waals surface area contributed by atoms with Gasteiger partial charge >= 0.3 is 17.9 Å². The maximum absolute atomic E-state index is 10.8. The predicted octanol–water partition coefficient (Wildman–Crippen LogP) is -1.27. The van der Waals surface area contributed by atoms with Crippen LogP contribution < -0.4 is 5.32 Å². The first kappa shape index (κ1) is 15.3. The van der Waals surface area contributed by atoms with Crippen LogP contribution in [0.5, 0.6) is 0 Å². The molecule has 0 amide bonds. The van der Waals surface area contributed by atoms with E-state index in [2.05, 4.69) is 0 Å². The van der Waals surface area contributed by atoms with Crippen LogP contribution in [0.1, 0.15) is 19.8 Å². The standard InChI is InChI=1S/C9H15NO7/c1-4(11)2-3-5(7(12)13)10-6(8(14)15)9(16)17/h4-6,10-11H,2-3H2,1H3,(H,12,13)(H,14,15)(H,16,17). The summed E-state index contributed by atoms with van der Waals surface area (Å²) in [6.45, 7) is 1.45. The van der Waals surface area contributed by atoms with Gasteiger partial charge in [0.1, 0.15) is 6.04 Å². The number of carboxylic acids is 3. The van der Waals surface area contributed by atoms with Crippen LogP contribution in [0.2, 0.25) is 0 Å². The lowest BCUT2D eigenvalue weighted by Gasteiger charge is -2.18. The molecule has 17 heavy (non-hydrogen) atoms. The number of carboxylic acid groups (broad SMARTS) is 3. The molecule has 8 heteroatoms. The van der Waals surface area contributed by atoms with E-state index in [1.54, 1.807) is 0 Å². The molecule has 0 aromatic rings. The van der Waals surface area contributed by atoms with Crippen molar-refractivity contribution in [2.24, 2.45) is 0 Å². The quantitative estimate of drug-likeness (QED) is 0.335. The molecule has 0 aliphatic heterocycles. The fourth-order valence-corrected chi connectivity index (χ4v) is 1.14. The van der Waals surface area contributed by atoms with E-state index in [0.717, 1.165) is 0 Å². The molecule has 0 aliphatic carbocycles. The molecule has 2 unspecified atom stereocenters. The zero-order valence-electron chi connectivity index (χ0n) is 9.16. The zero-order chi connectivity index (χ0) is 13.6. The number of nitrogens with one attached hydrogen (secondary N) is 1. The highest BCUT2D eigenvalue weighted by molar-refractivity contribution is 5.97. The number of hydrogen-bond donors (Lipinski definition) is 5. The molecule has 5 N–H and O–H groups in total. The van der Waals surface area contributed by atoms with Gasteiger partial charge in [-0.2, -0.15) is 0 Å². The summed E-state index contributed by atoms with van der Waals surface area (Å²) in [7, 11) is 0. The lowest BCUT2D eigenvalue weighted by Crippen LogP contribution is -2.51. The van der Waals surface area contributed by atoms with Crippen molar-refractivity contribution < 1.29 is 34.8 Å². The second-order valence-corrected chi connectivity index (χ2v) is 3.59. The van der Waals surface area contributed by atoms with Gasteiger partial charge in [0, 0.05) is 0 Å². The third-order valence-corrected chi connectivity index (χ3v) is 2.03. The second kappa shape index (κ2) is 6.81. The normalized spacial score (nSPS) is 14.3. The minimum Gasteiger partial charge on any atom is -0.480 e. The molecule has 0 radical (unpaired) electrons. The summed E-state index contributed by atoms with van der Waals surface area (Å²) in [5.41, 5.74) is 0. The monoisotopic (exact) mass is 249 g/mol. The van der Waals surface area contributed by atoms with Crippen LogP contribution in [0.3, 0.4) is 0 Å². The van der Waals surface area contributed by atoms with Crippen molar-refractivity contribution in [1.82, 2.24) is 5.32 Å². The number of aliphatic carboxylic acids is 3. The van der Waals surface area contributed by atoms with E-state index in [0.29, 0.717) is 0 Å². The summed E-state index contributed by atoms with van der Waals surface area (Å²) in [5.74, 6) is -4.69. The fraction of sp³-hybridized carbons (Fsp3) is 0.667. The molecule has 0 rings (SSSR count). The van der Waals surface area contributed by atoms with Crippen molar-refractivity contribution in [3.8, 4) is 0 Å². The van der Waals surface area contributed by atoms with Crippen LogP contribution >= 0.6 is 0 Å². The van der Waals surface area contributed by atoms with Crippen molar-refractivity contribution >= 4 is 17.9 Å². The molecular formula is C9H15NO7. The lowest BCUT2D eigenvalue weighted by atomic mass is 10.1. The number of carbonyl (C=O) groups is 3. The fourth-order valence-electron chi connectivity index (χ4n) is 1.14. The van der Waals surface area contributed by atoms with Gasteiger partial charge in [0.15, 0.2) is 0 Å². The molecule has 8 nitrogen and oxygen atoms in total. The maximum atomic E-state index is 10.8. The Morgan fingerprint density at radius 3 is 1.76 bits per heavy atom. The predicted molar refractivity (Wildman–Crippen MR) is 54.5 cm³/mol. The summed E-state index contributed by atoms with van der Waals surface area (Å²) in [5, 5.41) is 36.9. The zero-order valence-corrected chi connectivity index (χ0v) is 9.16. The van der Waals surface area contributed by atoms with E-state index in [1.807, 2.05) is 5.32 Å². The Balaban J connectivity index is 4.56. The van der Waals surface area contributed by atoms with E-state index >= 15 is 0 Å². The van der Waals surface area contributed by atoms with Crippen LogP contribution in [-0.2, 0) is 14.4 Å². The molecule has 2 atom stereocenters. The first-order valence-electron chi connectivity index (χ1n) is 4.88. The molecule has 0 aromatic heterocycles. The third-order valence-electron chi connectivity index (χ3n) is 2.03. The molecule has 0 fully saturated rings. The average molecular weight is 249 g/mol.